The second-order valence-electron chi connectivity index (χ2n) is 40.7. The fraction of sp³-hybridized carbons (Fsp3) is 0.465. The van der Waals surface area contributed by atoms with Gasteiger partial charge in [0.2, 0.25) is 0 Å². The molecule has 0 saturated heterocycles. The molecule has 16 bridgehead atoms. The van der Waals surface area contributed by atoms with Gasteiger partial charge in [-0.05, 0) is 196 Å². The third-order valence-corrected chi connectivity index (χ3v) is 24.0. The van der Waals surface area contributed by atoms with Gasteiger partial charge in [0.1, 0.15) is 52.6 Å². The number of hydrogen-bond acceptors (Lipinski definition) is 13. The molecule has 9 aromatic rings. The maximum atomic E-state index is 13.2. The summed E-state index contributed by atoms with van der Waals surface area (Å²) in [6.45, 7) is 53.8. The van der Waals surface area contributed by atoms with E-state index in [2.05, 4.69) is 203 Å². The van der Waals surface area contributed by atoms with E-state index in [9.17, 15) is 44.2 Å². The first-order chi connectivity index (χ1) is 53.0. The molecule has 10 rings (SSSR count). The summed E-state index contributed by atoms with van der Waals surface area (Å²) in [7, 11) is -3.97. The topological polar surface area (TPSA) is 213 Å². The highest BCUT2D eigenvalue weighted by molar-refractivity contribution is 7.86. The predicted molar refractivity (Wildman–Crippen MR) is 467 cm³/mol. The van der Waals surface area contributed by atoms with Crippen molar-refractivity contribution in [1.82, 2.24) is 0 Å². The first-order valence-electron chi connectivity index (χ1n) is 40.9. The van der Waals surface area contributed by atoms with Crippen molar-refractivity contribution >= 4 is 10.1 Å². The summed E-state index contributed by atoms with van der Waals surface area (Å²) in [5.74, 6) is 0.966. The van der Waals surface area contributed by atoms with E-state index < -0.39 is 48.0 Å². The Labute approximate surface area is 687 Å². The number of benzene rings is 9. The van der Waals surface area contributed by atoms with Crippen LogP contribution in [0.3, 0.4) is 0 Å². The molecule has 0 unspecified atom stereocenters. The molecule has 0 fully saturated rings. The highest BCUT2D eigenvalue weighted by Crippen LogP contribution is 2.47. The van der Waals surface area contributed by atoms with Crippen molar-refractivity contribution in [3.63, 3.8) is 0 Å². The van der Waals surface area contributed by atoms with Crippen molar-refractivity contribution in [2.45, 2.75) is 273 Å². The molecule has 7 N–H and O–H groups in total. The lowest BCUT2D eigenvalue weighted by molar-refractivity contribution is 0.0278. The predicted octanol–water partition coefficient (Wildman–Crippen LogP) is 22.2. The maximum absolute atomic E-state index is 13.2. The minimum absolute atomic E-state index is 0.0194. The molecule has 0 saturated carbocycles. The molecule has 9 aromatic carbocycles. The lowest BCUT2D eigenvalue weighted by Crippen LogP contribution is -2.17. The molecule has 0 amide bonds. The number of rotatable bonds is 12. The summed E-state index contributed by atoms with van der Waals surface area (Å²) >= 11 is 0. The molecule has 0 aliphatic heterocycles. The standard InChI is InChI=1S/C101H130O13S/c1-60-26-28-85(29-27-60)115(109,110)114-35-33-112-31-30-111-32-34-113-93-75-42-73-56-82(99(17,18)19)54-71(91(73)107)40-69-52-80(97(11,12)13)50-67(89(69)105)38-65-48-78(95(5,6)7)46-63(87(65)103)36-61-44-77(94(2,3)4)45-62(86(61)102)37-64-47-79(96(8,9)10)49-66(88(64)104)39-68-51-81(98(14,15)16)53-70(90(68)106)41-72-55-83(100(20,21)22)57-74(92(72)108)43-76(93)59-84(58-75)101(23,24)25/h26-29,44-59,102-108H,30-43H2,1-25H3. The van der Waals surface area contributed by atoms with Gasteiger partial charge in [-0.25, -0.2) is 0 Å². The minimum atomic E-state index is -3.97. The van der Waals surface area contributed by atoms with Gasteiger partial charge in [-0.15, -0.1) is 0 Å². The Morgan fingerprint density at radius 2 is 0.417 bits per heavy atom. The van der Waals surface area contributed by atoms with Crippen LogP contribution >= 0.6 is 0 Å². The van der Waals surface area contributed by atoms with Gasteiger partial charge in [0.25, 0.3) is 10.1 Å². The Balaban J connectivity index is 1.18. The van der Waals surface area contributed by atoms with Crippen LogP contribution in [0.2, 0.25) is 0 Å². The number of aryl methyl sites for hydroxylation is 1. The maximum Gasteiger partial charge on any atom is 0.297 e. The second-order valence-corrected chi connectivity index (χ2v) is 42.3. The van der Waals surface area contributed by atoms with Crippen LogP contribution in [0.1, 0.15) is 305 Å². The smallest absolute Gasteiger partial charge is 0.297 e. The number of aromatic hydroxyl groups is 7. The molecule has 0 atom stereocenters. The zero-order valence-electron chi connectivity index (χ0n) is 73.4. The SMILES string of the molecule is Cc1ccc(S(=O)(=O)OCCOCCOCCOc2c3cc(C(C)(C)C)cc2Cc2cc(C(C)(C)C)cc(c2O)Cc2cc(C(C)(C)C)cc(c2O)Cc2cc(C(C)(C)C)cc(c2O)Cc2cc(C(C)(C)C)cc(c2O)Cc2cc(C(C)(C)C)cc(c2O)Cc2cc(C(C)(C)C)cc(c2O)Cc2cc(C(C)(C)C)cc(c2O)C3)cc1. The summed E-state index contributed by atoms with van der Waals surface area (Å²) in [5, 5.41) is 91.3. The molecule has 0 aromatic heterocycles. The number of phenolic OH excluding ortho intramolecular Hbond substituents is 7. The lowest BCUT2D eigenvalue weighted by atomic mass is 9.79. The van der Waals surface area contributed by atoms with Crippen LogP contribution in [0.15, 0.2) is 126 Å². The molecule has 115 heavy (non-hydrogen) atoms. The van der Waals surface area contributed by atoms with E-state index in [4.69, 9.17) is 18.4 Å². The van der Waals surface area contributed by atoms with Crippen LogP contribution in [0.5, 0.6) is 46.0 Å². The molecule has 13 nitrogen and oxygen atoms in total. The molecule has 1 aliphatic carbocycles. The molecule has 14 heteroatoms. The molecule has 1 aliphatic rings. The van der Waals surface area contributed by atoms with Crippen molar-refractivity contribution in [2.75, 3.05) is 39.6 Å². The van der Waals surface area contributed by atoms with Crippen molar-refractivity contribution in [3.05, 3.63) is 260 Å². The Kier molecular flexibility index (Phi) is 25.7. The number of ether oxygens (including phenoxy) is 3. The zero-order valence-corrected chi connectivity index (χ0v) is 74.3. The van der Waals surface area contributed by atoms with Crippen molar-refractivity contribution < 1.29 is 62.6 Å². The monoisotopic (exact) mass is 1580 g/mol. The third kappa shape index (κ3) is 21.3. The summed E-state index contributed by atoms with van der Waals surface area (Å²) < 4.78 is 50.1. The van der Waals surface area contributed by atoms with E-state index in [0.717, 1.165) is 61.2 Å². The summed E-state index contributed by atoms with van der Waals surface area (Å²) in [6.07, 6.45) is 1.35. The average Bonchev–Trinajstić information content (AvgIpc) is 0.781. The van der Waals surface area contributed by atoms with Crippen LogP contribution in [-0.2, 0) is 118 Å². The van der Waals surface area contributed by atoms with Gasteiger partial charge in [0.05, 0.1) is 37.9 Å². The Morgan fingerprint density at radius 3 is 0.609 bits per heavy atom. The van der Waals surface area contributed by atoms with E-state index in [0.29, 0.717) is 83.6 Å². The highest BCUT2D eigenvalue weighted by atomic mass is 32.2. The average molecular weight is 1580 g/mol. The van der Waals surface area contributed by atoms with Crippen LogP contribution in [0, 0.1) is 6.92 Å². The fourth-order valence-electron chi connectivity index (χ4n) is 15.0. The lowest BCUT2D eigenvalue weighted by Gasteiger charge is -2.27. The van der Waals surface area contributed by atoms with Crippen LogP contribution in [0.4, 0.5) is 0 Å². The first kappa shape index (κ1) is 88.6. The molecule has 618 valence electrons. The Morgan fingerprint density at radius 1 is 0.252 bits per heavy atom. The van der Waals surface area contributed by atoms with E-state index in [1.807, 2.05) is 67.6 Å². The molecular formula is C101H130O13S. The molecular weight excluding hydrogens is 1450 g/mol. The van der Waals surface area contributed by atoms with Crippen molar-refractivity contribution in [1.29, 1.82) is 0 Å². The first-order valence-corrected chi connectivity index (χ1v) is 42.3. The zero-order chi connectivity index (χ0) is 85.0. The number of fused-ring (bicyclic) bond motifs is 16. The van der Waals surface area contributed by atoms with Gasteiger partial charge in [-0.1, -0.05) is 281 Å². The van der Waals surface area contributed by atoms with Gasteiger partial charge in [-0.2, -0.15) is 8.42 Å². The van der Waals surface area contributed by atoms with Gasteiger partial charge >= 0.3 is 0 Å². The minimum Gasteiger partial charge on any atom is -0.507 e. The van der Waals surface area contributed by atoms with Crippen molar-refractivity contribution in [3.8, 4) is 46.0 Å². The summed E-state index contributed by atoms with van der Waals surface area (Å²) in [4.78, 5) is 0.0714. The van der Waals surface area contributed by atoms with Gasteiger partial charge in [0.15, 0.2) is 0 Å². The van der Waals surface area contributed by atoms with Gasteiger partial charge < -0.3 is 50.0 Å². The van der Waals surface area contributed by atoms with Crippen molar-refractivity contribution in [2.24, 2.45) is 0 Å². The quantitative estimate of drug-likeness (QED) is 0.0449. The normalized spacial score (nSPS) is 14.0. The largest absolute Gasteiger partial charge is 0.507 e. The van der Waals surface area contributed by atoms with Crippen LogP contribution in [0.25, 0.3) is 0 Å². The fourth-order valence-corrected chi connectivity index (χ4v) is 15.9. The second kappa shape index (κ2) is 33.3. The Bertz CT molecular complexity index is 4940. The van der Waals surface area contributed by atoms with Gasteiger partial charge in [0, 0.05) is 51.4 Å². The van der Waals surface area contributed by atoms with Gasteiger partial charge in [-0.3, -0.25) is 4.18 Å². The summed E-state index contributed by atoms with van der Waals surface area (Å²) in [5.41, 5.74) is 15.6. The van der Waals surface area contributed by atoms with E-state index >= 15 is 0 Å². The highest BCUT2D eigenvalue weighted by Gasteiger charge is 2.32. The Hall–Kier alpha value is -8.79. The molecule has 0 radical (unpaired) electrons. The number of phenols is 7. The number of hydrogen-bond donors (Lipinski definition) is 7. The van der Waals surface area contributed by atoms with E-state index in [1.54, 1.807) is 12.1 Å². The molecule has 0 spiro atoms. The summed E-state index contributed by atoms with van der Waals surface area (Å²) in [6, 6.07) is 39.4. The van der Waals surface area contributed by atoms with Crippen LogP contribution < -0.4 is 4.74 Å². The van der Waals surface area contributed by atoms with Crippen LogP contribution in [-0.4, -0.2) is 83.8 Å². The third-order valence-electron chi connectivity index (χ3n) is 22.7. The molecule has 0 heterocycles. The van der Waals surface area contributed by atoms with E-state index in [-0.39, 0.29) is 142 Å². The van der Waals surface area contributed by atoms with E-state index in [1.165, 1.54) is 12.1 Å².